The third-order valence-corrected chi connectivity index (χ3v) is 5.94. The highest BCUT2D eigenvalue weighted by molar-refractivity contribution is 5.94. The van der Waals surface area contributed by atoms with E-state index in [1.54, 1.807) is 24.4 Å². The van der Waals surface area contributed by atoms with E-state index in [-0.39, 0.29) is 5.91 Å². The van der Waals surface area contributed by atoms with Crippen molar-refractivity contribution in [2.75, 3.05) is 50.5 Å². The number of benzene rings is 2. The van der Waals surface area contributed by atoms with E-state index in [2.05, 4.69) is 31.5 Å². The summed E-state index contributed by atoms with van der Waals surface area (Å²) in [6.07, 6.45) is 3.81. The zero-order valence-electron chi connectivity index (χ0n) is 21.4. The van der Waals surface area contributed by atoms with Gasteiger partial charge in [0.1, 0.15) is 18.1 Å². The molecule has 37 heavy (non-hydrogen) atoms. The monoisotopic (exact) mass is 498 g/mol. The zero-order chi connectivity index (χ0) is 26.5. The molecule has 1 aromatic heterocycles. The smallest absolute Gasteiger partial charge is 0.247 e. The number of carbonyl (C=O) groups is 2. The van der Waals surface area contributed by atoms with Crippen molar-refractivity contribution in [2.45, 2.75) is 18.9 Å². The lowest BCUT2D eigenvalue weighted by molar-refractivity contribution is -0.118. The predicted octanol–water partition coefficient (Wildman–Crippen LogP) is 3.42. The van der Waals surface area contributed by atoms with Gasteiger partial charge in [0, 0.05) is 32.6 Å². The van der Waals surface area contributed by atoms with Gasteiger partial charge >= 0.3 is 0 Å². The Bertz CT molecular complexity index is 1160. The molecule has 0 radical (unpaired) electrons. The minimum Gasteiger partial charge on any atom is -0.369 e. The van der Waals surface area contributed by atoms with E-state index in [0.29, 0.717) is 30.9 Å². The molecule has 0 aliphatic carbocycles. The number of amides is 1. The third-order valence-electron chi connectivity index (χ3n) is 5.94. The largest absolute Gasteiger partial charge is 0.369 e. The van der Waals surface area contributed by atoms with Crippen LogP contribution in [0.4, 0.5) is 11.5 Å². The highest BCUT2D eigenvalue weighted by atomic mass is 16.2. The Labute approximate surface area is 218 Å². The number of carbonyl (C=O) groups excluding carboxylic acids is 2. The Kier molecular flexibility index (Phi) is 10.8. The standard InChI is InChI=1S/C29H34N6O2/c1-34(2)18-19-35(17-6-20-36)26-13-14-27(32-22-26)33-29(37)28(25-7-4-3-5-8-25)31-16-15-23-9-11-24(21-30)12-10-23/h3-5,7-14,20,22,28,31H,6,15-19H2,1-2H3,(H,32,33,37). The van der Waals surface area contributed by atoms with Crippen molar-refractivity contribution in [2.24, 2.45) is 0 Å². The van der Waals surface area contributed by atoms with Crippen molar-refractivity contribution < 1.29 is 9.59 Å². The molecule has 0 saturated carbocycles. The molecule has 1 amide bonds. The minimum atomic E-state index is -0.551. The number of nitrogens with zero attached hydrogens (tertiary/aromatic N) is 4. The summed E-state index contributed by atoms with van der Waals surface area (Å²) in [5.41, 5.74) is 3.48. The van der Waals surface area contributed by atoms with Crippen LogP contribution < -0.4 is 15.5 Å². The molecule has 2 N–H and O–H groups in total. The third kappa shape index (κ3) is 8.83. The van der Waals surface area contributed by atoms with Crippen LogP contribution in [-0.4, -0.2) is 62.4 Å². The molecule has 8 heteroatoms. The lowest BCUT2D eigenvalue weighted by atomic mass is 10.1. The number of nitriles is 1. The Balaban J connectivity index is 1.66. The molecule has 0 aliphatic rings. The molecule has 3 rings (SSSR count). The average Bonchev–Trinajstić information content (AvgIpc) is 2.92. The molecule has 192 valence electrons. The first-order chi connectivity index (χ1) is 18.0. The highest BCUT2D eigenvalue weighted by Gasteiger charge is 2.20. The van der Waals surface area contributed by atoms with Gasteiger partial charge in [-0.1, -0.05) is 42.5 Å². The topological polar surface area (TPSA) is 101 Å². The Morgan fingerprint density at radius 3 is 2.41 bits per heavy atom. The molecule has 0 spiro atoms. The van der Waals surface area contributed by atoms with Gasteiger partial charge in [0.2, 0.25) is 5.91 Å². The van der Waals surface area contributed by atoms with Gasteiger partial charge in [0.25, 0.3) is 0 Å². The van der Waals surface area contributed by atoms with Crippen LogP contribution in [0.1, 0.15) is 29.2 Å². The summed E-state index contributed by atoms with van der Waals surface area (Å²) in [6.45, 7) is 2.82. The molecule has 1 heterocycles. The highest BCUT2D eigenvalue weighted by Crippen LogP contribution is 2.19. The van der Waals surface area contributed by atoms with Gasteiger partial charge in [-0.15, -0.1) is 0 Å². The molecular formula is C29H34N6O2. The number of hydrogen-bond donors (Lipinski definition) is 2. The fourth-order valence-corrected chi connectivity index (χ4v) is 3.86. The van der Waals surface area contributed by atoms with Crippen LogP contribution in [0, 0.1) is 11.3 Å². The van der Waals surface area contributed by atoms with Gasteiger partial charge in [0.05, 0.1) is 23.5 Å². The van der Waals surface area contributed by atoms with E-state index >= 15 is 0 Å². The molecule has 0 aliphatic heterocycles. The van der Waals surface area contributed by atoms with Crippen molar-refractivity contribution in [3.8, 4) is 6.07 Å². The van der Waals surface area contributed by atoms with Crippen molar-refractivity contribution in [3.05, 3.63) is 89.6 Å². The van der Waals surface area contributed by atoms with E-state index in [9.17, 15) is 9.59 Å². The second kappa shape index (κ2) is 14.5. The Hall–Kier alpha value is -4.06. The lowest BCUT2D eigenvalue weighted by Crippen LogP contribution is -2.34. The molecule has 1 atom stereocenters. The van der Waals surface area contributed by atoms with Gasteiger partial charge in [0.15, 0.2) is 0 Å². The van der Waals surface area contributed by atoms with Gasteiger partial charge in [-0.2, -0.15) is 5.26 Å². The van der Waals surface area contributed by atoms with Crippen molar-refractivity contribution in [1.82, 2.24) is 15.2 Å². The Morgan fingerprint density at radius 2 is 1.78 bits per heavy atom. The van der Waals surface area contributed by atoms with Crippen LogP contribution in [0.2, 0.25) is 0 Å². The normalized spacial score (nSPS) is 11.5. The molecule has 3 aromatic rings. The van der Waals surface area contributed by atoms with E-state index in [4.69, 9.17) is 5.26 Å². The molecular weight excluding hydrogens is 464 g/mol. The van der Waals surface area contributed by atoms with Gasteiger partial charge in [-0.3, -0.25) is 4.79 Å². The van der Waals surface area contributed by atoms with Crippen LogP contribution in [0.3, 0.4) is 0 Å². The second-order valence-corrected chi connectivity index (χ2v) is 8.99. The first-order valence-electron chi connectivity index (χ1n) is 12.4. The van der Waals surface area contributed by atoms with E-state index < -0.39 is 6.04 Å². The minimum absolute atomic E-state index is 0.198. The number of anilines is 2. The average molecular weight is 499 g/mol. The van der Waals surface area contributed by atoms with Crippen LogP contribution in [-0.2, 0) is 16.0 Å². The number of aldehydes is 1. The second-order valence-electron chi connectivity index (χ2n) is 8.99. The maximum absolute atomic E-state index is 13.3. The predicted molar refractivity (Wildman–Crippen MR) is 146 cm³/mol. The maximum atomic E-state index is 13.3. The van der Waals surface area contributed by atoms with Gasteiger partial charge in [-0.25, -0.2) is 4.98 Å². The van der Waals surface area contributed by atoms with Crippen LogP contribution in [0.5, 0.6) is 0 Å². The number of pyridine rings is 1. The number of nitrogens with one attached hydrogen (secondary N) is 2. The summed E-state index contributed by atoms with van der Waals surface area (Å²) in [4.78, 5) is 32.8. The number of likely N-dealkylation sites (N-methyl/N-ethyl adjacent to an activating group) is 1. The summed E-state index contributed by atoms with van der Waals surface area (Å²) >= 11 is 0. The number of rotatable bonds is 14. The summed E-state index contributed by atoms with van der Waals surface area (Å²) in [6, 6.07) is 22.3. The van der Waals surface area contributed by atoms with Gasteiger partial charge in [-0.05, 0) is 55.9 Å². The van der Waals surface area contributed by atoms with E-state index in [1.807, 2.05) is 62.6 Å². The maximum Gasteiger partial charge on any atom is 0.247 e. The van der Waals surface area contributed by atoms with Crippen molar-refractivity contribution >= 4 is 23.7 Å². The summed E-state index contributed by atoms with van der Waals surface area (Å²) < 4.78 is 0. The Morgan fingerprint density at radius 1 is 1.03 bits per heavy atom. The molecule has 8 nitrogen and oxygen atoms in total. The summed E-state index contributed by atoms with van der Waals surface area (Å²) in [5.74, 6) is 0.267. The molecule has 2 aromatic carbocycles. The van der Waals surface area contributed by atoms with Crippen LogP contribution in [0.15, 0.2) is 72.9 Å². The fraction of sp³-hybridized carbons (Fsp3) is 0.310. The summed E-state index contributed by atoms with van der Waals surface area (Å²) in [5, 5.41) is 15.3. The van der Waals surface area contributed by atoms with Crippen LogP contribution in [0.25, 0.3) is 0 Å². The SMILES string of the molecule is CN(C)CCN(CCC=O)c1ccc(NC(=O)C(NCCc2ccc(C#N)cc2)c2ccccc2)nc1. The molecule has 1 unspecified atom stereocenters. The first kappa shape index (κ1) is 27.5. The van der Waals surface area contributed by atoms with Gasteiger partial charge < -0.3 is 25.2 Å². The number of hydrogen-bond acceptors (Lipinski definition) is 7. The first-order valence-corrected chi connectivity index (χ1v) is 12.4. The summed E-state index contributed by atoms with van der Waals surface area (Å²) in [7, 11) is 4.02. The lowest BCUT2D eigenvalue weighted by Gasteiger charge is -2.25. The van der Waals surface area contributed by atoms with Crippen molar-refractivity contribution in [3.63, 3.8) is 0 Å². The quantitative estimate of drug-likeness (QED) is 0.329. The number of aromatic nitrogens is 1. The molecule has 0 saturated heterocycles. The van der Waals surface area contributed by atoms with E-state index in [0.717, 1.165) is 42.6 Å². The fourth-order valence-electron chi connectivity index (χ4n) is 3.86. The zero-order valence-corrected chi connectivity index (χ0v) is 21.4. The van der Waals surface area contributed by atoms with E-state index in [1.165, 1.54) is 0 Å². The molecule has 0 bridgehead atoms. The van der Waals surface area contributed by atoms with Crippen molar-refractivity contribution in [1.29, 1.82) is 5.26 Å². The van der Waals surface area contributed by atoms with Crippen LogP contribution >= 0.6 is 0 Å². The molecule has 0 fully saturated rings.